The molecule has 8 rings (SSSR count). The lowest BCUT2D eigenvalue weighted by molar-refractivity contribution is 0.768. The van der Waals surface area contributed by atoms with Gasteiger partial charge in [0.15, 0.2) is 0 Å². The number of benzene rings is 4. The fraction of sp³-hybridized carbons (Fsp3) is 0.0930. The van der Waals surface area contributed by atoms with E-state index in [0.29, 0.717) is 5.92 Å². The molecule has 0 N–H and O–H groups in total. The average Bonchev–Trinajstić information content (AvgIpc) is 3.16. The summed E-state index contributed by atoms with van der Waals surface area (Å²) >= 11 is 0. The van der Waals surface area contributed by atoms with Crippen LogP contribution in [0.2, 0.25) is 0 Å². The van der Waals surface area contributed by atoms with Gasteiger partial charge < -0.3 is 4.90 Å². The van der Waals surface area contributed by atoms with E-state index in [1.807, 2.05) is 18.5 Å². The molecule has 0 amide bonds. The van der Waals surface area contributed by atoms with Crippen molar-refractivity contribution in [2.45, 2.75) is 24.8 Å². The second-order valence-electron chi connectivity index (χ2n) is 12.0. The number of nitrogens with zero attached hydrogens (tertiary/aromatic N) is 2. The number of hydrogen-bond donors (Lipinski definition) is 0. The van der Waals surface area contributed by atoms with Crippen molar-refractivity contribution in [3.63, 3.8) is 0 Å². The van der Waals surface area contributed by atoms with Crippen LogP contribution in [-0.2, 0) is 0 Å². The van der Waals surface area contributed by atoms with Crippen molar-refractivity contribution in [1.82, 2.24) is 4.98 Å². The predicted octanol–water partition coefficient (Wildman–Crippen LogP) is 9.00. The third kappa shape index (κ3) is 5.41. The Bertz CT molecular complexity index is 2110. The second kappa shape index (κ2) is 11.9. The number of rotatable bonds is 5. The number of aromatic nitrogens is 1. The van der Waals surface area contributed by atoms with Gasteiger partial charge in [0.05, 0.1) is 17.9 Å². The molecule has 0 spiro atoms. The van der Waals surface area contributed by atoms with E-state index in [4.69, 9.17) is 0 Å². The molecule has 3 aliphatic carbocycles. The van der Waals surface area contributed by atoms with E-state index in [-0.39, 0.29) is 6.04 Å². The number of anilines is 2. The molecule has 5 aromatic rings. The highest BCUT2D eigenvalue weighted by Crippen LogP contribution is 2.38. The molecule has 0 saturated carbocycles. The van der Waals surface area contributed by atoms with Crippen LogP contribution in [0.4, 0.5) is 11.4 Å². The number of fused-ring (bicyclic) bond motifs is 5. The van der Waals surface area contributed by atoms with Crippen LogP contribution >= 0.6 is 0 Å². The van der Waals surface area contributed by atoms with Crippen molar-refractivity contribution in [1.29, 1.82) is 0 Å². The standard InChI is InChI=1S/C43H34N2/c1-2-11-34-27-35(21-20-31(34)9-1)32-22-24-39(25-23-32)45(41-17-8-26-44-30-41)40-16-6-15-38(29-40)43-19-7-12-33-10-3-4-18-42(33)36-13-5-14-37(43)28-36/h1-20,22-28,30,35,40H,21,29H2/b12-7+,43-19+. The third-order valence-electron chi connectivity index (χ3n) is 9.21. The van der Waals surface area contributed by atoms with E-state index in [1.54, 1.807) is 0 Å². The lowest BCUT2D eigenvalue weighted by atomic mass is 9.87. The minimum atomic E-state index is 0.138. The van der Waals surface area contributed by atoms with Crippen LogP contribution in [0.25, 0.3) is 34.9 Å². The zero-order valence-electron chi connectivity index (χ0n) is 25.1. The number of pyridine rings is 1. The largest absolute Gasteiger partial charge is 0.333 e. The topological polar surface area (TPSA) is 16.1 Å². The van der Waals surface area contributed by atoms with Gasteiger partial charge in [-0.3, -0.25) is 4.98 Å². The molecular weight excluding hydrogens is 544 g/mol. The van der Waals surface area contributed by atoms with Crippen molar-refractivity contribution < 1.29 is 0 Å². The van der Waals surface area contributed by atoms with Gasteiger partial charge >= 0.3 is 0 Å². The molecule has 216 valence electrons. The maximum absolute atomic E-state index is 4.51. The summed E-state index contributed by atoms with van der Waals surface area (Å²) < 4.78 is 0. The van der Waals surface area contributed by atoms with Crippen LogP contribution in [0.3, 0.4) is 0 Å². The minimum absolute atomic E-state index is 0.138. The Kier molecular flexibility index (Phi) is 7.17. The highest BCUT2D eigenvalue weighted by atomic mass is 15.2. The monoisotopic (exact) mass is 578 g/mol. The molecule has 1 heterocycles. The Hall–Kier alpha value is -5.47. The highest BCUT2D eigenvalue weighted by molar-refractivity contribution is 5.87. The van der Waals surface area contributed by atoms with Crippen LogP contribution in [0.15, 0.2) is 158 Å². The van der Waals surface area contributed by atoms with E-state index in [0.717, 1.165) is 18.5 Å². The summed E-state index contributed by atoms with van der Waals surface area (Å²) in [7, 11) is 0. The van der Waals surface area contributed by atoms with Crippen LogP contribution < -0.4 is 15.3 Å². The molecule has 4 aromatic carbocycles. The Morgan fingerprint density at radius 1 is 0.689 bits per heavy atom. The first kappa shape index (κ1) is 27.1. The molecule has 2 bridgehead atoms. The second-order valence-corrected chi connectivity index (χ2v) is 12.0. The quantitative estimate of drug-likeness (QED) is 0.207. The van der Waals surface area contributed by atoms with Gasteiger partial charge in [-0.15, -0.1) is 0 Å². The summed E-state index contributed by atoms with van der Waals surface area (Å²) in [6, 6.07) is 39.8. The van der Waals surface area contributed by atoms with Gasteiger partial charge in [0.2, 0.25) is 0 Å². The van der Waals surface area contributed by atoms with Gasteiger partial charge in [0.1, 0.15) is 0 Å². The minimum Gasteiger partial charge on any atom is -0.333 e. The fourth-order valence-corrected chi connectivity index (χ4v) is 6.96. The molecule has 45 heavy (non-hydrogen) atoms. The first-order valence-electron chi connectivity index (χ1n) is 15.8. The summed E-state index contributed by atoms with van der Waals surface area (Å²) in [5.41, 5.74) is 11.2. The molecule has 0 aliphatic heterocycles. The van der Waals surface area contributed by atoms with E-state index < -0.39 is 0 Å². The smallest absolute Gasteiger partial charge is 0.0602 e. The molecule has 1 aromatic heterocycles. The summed E-state index contributed by atoms with van der Waals surface area (Å²) in [5.74, 6) is 0.384. The predicted molar refractivity (Wildman–Crippen MR) is 189 cm³/mol. The normalized spacial score (nSPS) is 19.9. The molecule has 0 fully saturated rings. The average molecular weight is 579 g/mol. The molecule has 3 aliphatic rings. The summed E-state index contributed by atoms with van der Waals surface area (Å²) in [4.78, 5) is 6.94. The van der Waals surface area contributed by atoms with Crippen molar-refractivity contribution >= 4 is 35.2 Å². The first-order valence-corrected chi connectivity index (χ1v) is 15.8. The molecule has 2 nitrogen and oxygen atoms in total. The number of hydrogen-bond acceptors (Lipinski definition) is 2. The molecular formula is C43H34N2. The Morgan fingerprint density at radius 3 is 2.42 bits per heavy atom. The van der Waals surface area contributed by atoms with E-state index in [2.05, 4.69) is 162 Å². The van der Waals surface area contributed by atoms with Gasteiger partial charge in [0, 0.05) is 17.8 Å². The van der Waals surface area contributed by atoms with Crippen LogP contribution in [-0.4, -0.2) is 11.0 Å². The molecule has 2 unspecified atom stereocenters. The van der Waals surface area contributed by atoms with Gasteiger partial charge in [-0.1, -0.05) is 127 Å². The Labute approximate surface area is 265 Å². The summed E-state index contributed by atoms with van der Waals surface area (Å²) in [6.45, 7) is 0. The maximum atomic E-state index is 4.51. The van der Waals surface area contributed by atoms with Crippen molar-refractivity contribution in [2.24, 2.45) is 0 Å². The van der Waals surface area contributed by atoms with Crippen molar-refractivity contribution in [3.8, 4) is 11.1 Å². The third-order valence-corrected chi connectivity index (χ3v) is 9.21. The SMILES string of the molecule is C1=CC(N(c2ccc(C3C=c4ccccc4=CC3)cc2)c2cccnc2)CC(/C2=C/C=C/c3ccccc3-c3cccc2c3)=C1. The van der Waals surface area contributed by atoms with Gasteiger partial charge in [-0.05, 0) is 92.6 Å². The molecule has 0 radical (unpaired) electrons. The lowest BCUT2D eigenvalue weighted by Crippen LogP contribution is -2.31. The van der Waals surface area contributed by atoms with Gasteiger partial charge in [0.25, 0.3) is 0 Å². The molecule has 0 saturated heterocycles. The molecule has 2 atom stereocenters. The van der Waals surface area contributed by atoms with E-state index in [9.17, 15) is 0 Å². The Morgan fingerprint density at radius 2 is 1.53 bits per heavy atom. The fourth-order valence-electron chi connectivity index (χ4n) is 6.96. The van der Waals surface area contributed by atoms with Gasteiger partial charge in [-0.2, -0.15) is 0 Å². The number of allylic oxidation sites excluding steroid dienone is 5. The zero-order valence-corrected chi connectivity index (χ0v) is 25.1. The van der Waals surface area contributed by atoms with Crippen LogP contribution in [0.5, 0.6) is 0 Å². The lowest BCUT2D eigenvalue weighted by Gasteiger charge is -2.34. The summed E-state index contributed by atoms with van der Waals surface area (Å²) in [5, 5.41) is 2.66. The first-order chi connectivity index (χ1) is 22.3. The van der Waals surface area contributed by atoms with Crippen molar-refractivity contribution in [2.75, 3.05) is 4.90 Å². The van der Waals surface area contributed by atoms with Gasteiger partial charge in [-0.25, -0.2) is 0 Å². The maximum Gasteiger partial charge on any atom is 0.0602 e. The summed E-state index contributed by atoms with van der Waals surface area (Å²) in [6.07, 6.45) is 24.0. The van der Waals surface area contributed by atoms with E-state index in [1.165, 1.54) is 55.1 Å². The van der Waals surface area contributed by atoms with Crippen molar-refractivity contribution in [3.05, 3.63) is 185 Å². The molecule has 2 heteroatoms. The van der Waals surface area contributed by atoms with E-state index >= 15 is 0 Å². The zero-order chi connectivity index (χ0) is 30.0. The van der Waals surface area contributed by atoms with Crippen LogP contribution in [0, 0.1) is 0 Å². The van der Waals surface area contributed by atoms with Crippen LogP contribution in [0.1, 0.15) is 35.4 Å². The highest BCUT2D eigenvalue weighted by Gasteiger charge is 2.24. The Balaban J connectivity index is 1.12.